The topological polar surface area (TPSA) is 94.9 Å². The van der Waals surface area contributed by atoms with Crippen molar-refractivity contribution in [3.63, 3.8) is 0 Å². The predicted octanol–water partition coefficient (Wildman–Crippen LogP) is 2.78. The van der Waals surface area contributed by atoms with Gasteiger partial charge in [-0.25, -0.2) is 8.42 Å². The van der Waals surface area contributed by atoms with Crippen LogP contribution < -0.4 is 0 Å². The van der Waals surface area contributed by atoms with Gasteiger partial charge in [0.25, 0.3) is 0 Å². The van der Waals surface area contributed by atoms with Crippen molar-refractivity contribution in [1.82, 2.24) is 4.31 Å². The highest BCUT2D eigenvalue weighted by Gasteiger charge is 2.14. The maximum atomic E-state index is 11.8. The minimum Gasteiger partial charge on any atom is -0.481 e. The number of aliphatic hydroxyl groups excluding tert-OH is 1. The molecule has 0 saturated carbocycles. The molecule has 1 atom stereocenters. The number of aliphatic carboxylic acids is 1. The Bertz CT molecular complexity index is 462. The average Bonchev–Trinajstić information content (AvgIpc) is 2.47. The van der Waals surface area contributed by atoms with Gasteiger partial charge in [0.15, 0.2) is 0 Å². The number of nitrogens with zero attached hydrogens (tertiary/aromatic N) is 1. The predicted molar refractivity (Wildman–Crippen MR) is 96.4 cm³/mol. The van der Waals surface area contributed by atoms with Crippen molar-refractivity contribution in [3.8, 4) is 0 Å². The number of hydrogen-bond donors (Lipinski definition) is 2. The summed E-state index contributed by atoms with van der Waals surface area (Å²) in [6.07, 6.45) is 11.0. The van der Waals surface area contributed by atoms with Gasteiger partial charge in [-0.2, -0.15) is 4.31 Å². The summed E-state index contributed by atoms with van der Waals surface area (Å²) >= 11 is 0. The lowest BCUT2D eigenvalue weighted by atomic mass is 10.1. The summed E-state index contributed by atoms with van der Waals surface area (Å²) in [6.45, 7) is 2.79. The van der Waals surface area contributed by atoms with E-state index >= 15 is 0 Å². The number of rotatable bonds is 15. The Kier molecular flexibility index (Phi) is 12.9. The van der Waals surface area contributed by atoms with Crippen molar-refractivity contribution >= 4 is 16.0 Å². The van der Waals surface area contributed by atoms with Crippen LogP contribution in [-0.2, 0) is 14.8 Å². The molecule has 0 aliphatic rings. The first-order chi connectivity index (χ1) is 11.3. The minimum absolute atomic E-state index is 0.161. The van der Waals surface area contributed by atoms with E-state index in [2.05, 4.69) is 6.92 Å². The molecule has 0 aromatic heterocycles. The van der Waals surface area contributed by atoms with Crippen molar-refractivity contribution in [2.45, 2.75) is 70.8 Å². The molecule has 0 spiro atoms. The highest BCUT2D eigenvalue weighted by atomic mass is 32.2. The van der Waals surface area contributed by atoms with Gasteiger partial charge in [0.1, 0.15) is 0 Å². The summed E-state index contributed by atoms with van der Waals surface area (Å²) in [7, 11) is -3.28. The molecule has 6 nitrogen and oxygen atoms in total. The largest absolute Gasteiger partial charge is 0.481 e. The number of hydrogen-bond acceptors (Lipinski definition) is 4. The van der Waals surface area contributed by atoms with Crippen LogP contribution in [0.15, 0.2) is 12.2 Å². The van der Waals surface area contributed by atoms with E-state index in [0.717, 1.165) is 32.1 Å². The zero-order valence-corrected chi connectivity index (χ0v) is 15.8. The summed E-state index contributed by atoms with van der Waals surface area (Å²) in [6, 6.07) is 0. The lowest BCUT2D eigenvalue weighted by molar-refractivity contribution is -0.137. The van der Waals surface area contributed by atoms with Crippen LogP contribution in [0.2, 0.25) is 0 Å². The van der Waals surface area contributed by atoms with Crippen LogP contribution in [0.3, 0.4) is 0 Å². The van der Waals surface area contributed by atoms with Crippen LogP contribution >= 0.6 is 0 Å². The molecule has 0 aromatic carbocycles. The van der Waals surface area contributed by atoms with Crippen LogP contribution in [-0.4, -0.2) is 54.4 Å². The maximum absolute atomic E-state index is 11.8. The minimum atomic E-state index is -3.28. The van der Waals surface area contributed by atoms with Crippen molar-refractivity contribution in [3.05, 3.63) is 12.2 Å². The molecule has 0 fully saturated rings. The molecule has 0 aliphatic carbocycles. The number of carboxylic acids is 1. The number of aliphatic hydroxyl groups is 1. The van der Waals surface area contributed by atoms with E-state index in [1.807, 2.05) is 0 Å². The molecule has 0 amide bonds. The number of carbonyl (C=O) groups is 1. The van der Waals surface area contributed by atoms with Crippen LogP contribution in [0.5, 0.6) is 0 Å². The highest BCUT2D eigenvalue weighted by Crippen LogP contribution is 2.08. The molecular formula is C17H33NO5S. The molecule has 0 rings (SSSR count). The van der Waals surface area contributed by atoms with Gasteiger partial charge in [0, 0.05) is 19.5 Å². The third kappa shape index (κ3) is 13.5. The van der Waals surface area contributed by atoms with Crippen molar-refractivity contribution < 1.29 is 23.4 Å². The number of sulfonamides is 1. The first kappa shape index (κ1) is 23.1. The van der Waals surface area contributed by atoms with Gasteiger partial charge in [-0.1, -0.05) is 51.2 Å². The van der Waals surface area contributed by atoms with Crippen LogP contribution in [0.1, 0.15) is 64.7 Å². The van der Waals surface area contributed by atoms with Crippen LogP contribution in [0.4, 0.5) is 0 Å². The van der Waals surface area contributed by atoms with Crippen molar-refractivity contribution in [2.75, 3.05) is 19.3 Å². The molecule has 24 heavy (non-hydrogen) atoms. The highest BCUT2D eigenvalue weighted by molar-refractivity contribution is 7.88. The van der Waals surface area contributed by atoms with Crippen LogP contribution in [0, 0.1) is 0 Å². The third-order valence-corrected chi connectivity index (χ3v) is 5.06. The Balaban J connectivity index is 4.13. The standard InChI is InChI=1S/C17H33NO5S/c1-3-4-7-11-16(19)12-10-15-18(24(2,22)23)14-9-6-5-8-13-17(20)21/h10,12,16,19H,3-9,11,13-15H2,1-2H3,(H,20,21). The van der Waals surface area contributed by atoms with Crippen molar-refractivity contribution in [2.24, 2.45) is 0 Å². The monoisotopic (exact) mass is 363 g/mol. The Hall–Kier alpha value is -0.920. The number of unbranched alkanes of at least 4 members (excludes halogenated alkanes) is 5. The Morgan fingerprint density at radius 2 is 1.79 bits per heavy atom. The summed E-state index contributed by atoms with van der Waals surface area (Å²) < 4.78 is 24.9. The second kappa shape index (κ2) is 13.4. The first-order valence-electron chi connectivity index (χ1n) is 8.79. The Labute approximate surface area is 146 Å². The van der Waals surface area contributed by atoms with E-state index < -0.39 is 22.1 Å². The van der Waals surface area contributed by atoms with E-state index in [0.29, 0.717) is 25.8 Å². The maximum Gasteiger partial charge on any atom is 0.303 e. The summed E-state index contributed by atoms with van der Waals surface area (Å²) in [5.41, 5.74) is 0. The summed E-state index contributed by atoms with van der Waals surface area (Å²) in [5, 5.41) is 18.4. The number of carboxylic acid groups (broad SMARTS) is 1. The molecule has 7 heteroatoms. The van der Waals surface area contributed by atoms with E-state index in [9.17, 15) is 18.3 Å². The first-order valence-corrected chi connectivity index (χ1v) is 10.6. The summed E-state index contributed by atoms with van der Waals surface area (Å²) in [4.78, 5) is 10.4. The normalized spacial score (nSPS) is 13.7. The smallest absolute Gasteiger partial charge is 0.303 e. The molecule has 0 bridgehead atoms. The fraction of sp³-hybridized carbons (Fsp3) is 0.824. The Morgan fingerprint density at radius 3 is 2.38 bits per heavy atom. The lowest BCUT2D eigenvalue weighted by Gasteiger charge is -2.18. The van der Waals surface area contributed by atoms with Gasteiger partial charge in [0.05, 0.1) is 12.4 Å². The quantitative estimate of drug-likeness (QED) is 0.345. The molecule has 0 aromatic rings. The lowest BCUT2D eigenvalue weighted by Crippen LogP contribution is -2.31. The van der Waals surface area contributed by atoms with E-state index in [1.165, 1.54) is 10.6 Å². The van der Waals surface area contributed by atoms with Gasteiger partial charge in [-0.3, -0.25) is 4.79 Å². The molecular weight excluding hydrogens is 330 g/mol. The zero-order valence-electron chi connectivity index (χ0n) is 15.0. The van der Waals surface area contributed by atoms with E-state index in [4.69, 9.17) is 5.11 Å². The molecule has 0 saturated heterocycles. The zero-order chi connectivity index (χ0) is 18.4. The third-order valence-electron chi connectivity index (χ3n) is 3.79. The van der Waals surface area contributed by atoms with Gasteiger partial charge in [0.2, 0.25) is 10.0 Å². The van der Waals surface area contributed by atoms with E-state index in [-0.39, 0.29) is 13.0 Å². The molecule has 0 aliphatic heterocycles. The van der Waals surface area contributed by atoms with Gasteiger partial charge in [-0.15, -0.1) is 0 Å². The van der Waals surface area contributed by atoms with Crippen LogP contribution in [0.25, 0.3) is 0 Å². The van der Waals surface area contributed by atoms with Gasteiger partial charge < -0.3 is 10.2 Å². The molecule has 142 valence electrons. The van der Waals surface area contributed by atoms with Gasteiger partial charge in [-0.05, 0) is 19.3 Å². The second-order valence-corrected chi connectivity index (χ2v) is 8.15. The fourth-order valence-corrected chi connectivity index (χ4v) is 3.16. The molecule has 2 N–H and O–H groups in total. The fourth-order valence-electron chi connectivity index (χ4n) is 2.35. The molecule has 1 unspecified atom stereocenters. The van der Waals surface area contributed by atoms with E-state index in [1.54, 1.807) is 12.2 Å². The summed E-state index contributed by atoms with van der Waals surface area (Å²) in [5.74, 6) is -0.796. The van der Waals surface area contributed by atoms with Gasteiger partial charge >= 0.3 is 5.97 Å². The van der Waals surface area contributed by atoms with Crippen molar-refractivity contribution in [1.29, 1.82) is 0 Å². The Morgan fingerprint density at radius 1 is 1.12 bits per heavy atom. The second-order valence-electron chi connectivity index (χ2n) is 6.17. The average molecular weight is 364 g/mol. The SMILES string of the molecule is CCCCCC(O)C=CCN(CCCCCCC(=O)O)S(C)(=O)=O. The molecule has 0 radical (unpaired) electrons. The molecule has 0 heterocycles.